The molecule has 8 nitrogen and oxygen atoms in total. The van der Waals surface area contributed by atoms with E-state index in [4.69, 9.17) is 4.74 Å². The zero-order valence-corrected chi connectivity index (χ0v) is 19.4. The van der Waals surface area contributed by atoms with Crippen molar-refractivity contribution >= 4 is 16.9 Å². The number of methoxy groups -OCH3 is 1. The third kappa shape index (κ3) is 4.96. The molecule has 0 unspecified atom stereocenters. The van der Waals surface area contributed by atoms with E-state index in [0.29, 0.717) is 24.2 Å². The van der Waals surface area contributed by atoms with Crippen LogP contribution in [0, 0.1) is 6.92 Å². The fourth-order valence-corrected chi connectivity index (χ4v) is 4.32. The maximum atomic E-state index is 13.6. The van der Waals surface area contributed by atoms with Crippen LogP contribution in [0.4, 0.5) is 0 Å². The van der Waals surface area contributed by atoms with Crippen LogP contribution in [0.3, 0.4) is 0 Å². The van der Waals surface area contributed by atoms with Crippen molar-refractivity contribution in [3.05, 3.63) is 104 Å². The minimum atomic E-state index is -1.01. The van der Waals surface area contributed by atoms with Gasteiger partial charge in [0.05, 0.1) is 19.1 Å². The van der Waals surface area contributed by atoms with Gasteiger partial charge in [-0.25, -0.2) is 0 Å². The van der Waals surface area contributed by atoms with E-state index in [-0.39, 0.29) is 29.0 Å². The Hall–Kier alpha value is -4.33. The highest BCUT2D eigenvalue weighted by Gasteiger charge is 2.28. The number of H-pyrrole nitrogens is 1. The zero-order chi connectivity index (χ0) is 25.1. The van der Waals surface area contributed by atoms with Gasteiger partial charge in [-0.1, -0.05) is 30.3 Å². The summed E-state index contributed by atoms with van der Waals surface area (Å²) in [6.45, 7) is 2.02. The van der Waals surface area contributed by atoms with Crippen LogP contribution >= 0.6 is 0 Å². The highest BCUT2D eigenvalue weighted by molar-refractivity contribution is 5.79. The average Bonchev–Trinajstić information content (AvgIpc) is 2.83. The first-order valence-corrected chi connectivity index (χ1v) is 11.2. The van der Waals surface area contributed by atoms with Crippen LogP contribution in [-0.2, 0) is 22.5 Å². The van der Waals surface area contributed by atoms with Gasteiger partial charge in [0.25, 0.3) is 11.1 Å². The standard InChI is InChI=1S/C27H26N2O6/c1-16-13-23(31)25(27(34)29(16)12-11-17-7-9-19(30)10-8-17)20(15-24(32)35-2)21-14-18-5-3-4-6-22(18)28-26(21)33/h3-10,13-14,20,30-31H,11-12,15H2,1-2H3,(H,28,33)/t20-/m0/s1. The molecule has 0 aliphatic rings. The summed E-state index contributed by atoms with van der Waals surface area (Å²) in [6.07, 6.45) is 0.214. The summed E-state index contributed by atoms with van der Waals surface area (Å²) in [7, 11) is 1.23. The van der Waals surface area contributed by atoms with Crippen molar-refractivity contribution < 1.29 is 19.7 Å². The molecule has 2 aromatic carbocycles. The molecule has 0 saturated carbocycles. The third-order valence-electron chi connectivity index (χ3n) is 6.19. The zero-order valence-electron chi connectivity index (χ0n) is 19.4. The Morgan fingerprint density at radius 2 is 1.77 bits per heavy atom. The summed E-state index contributed by atoms with van der Waals surface area (Å²) >= 11 is 0. The van der Waals surface area contributed by atoms with E-state index < -0.39 is 23.0 Å². The number of fused-ring (bicyclic) bond motifs is 1. The molecule has 0 aliphatic carbocycles. The molecule has 4 aromatic rings. The lowest BCUT2D eigenvalue weighted by Gasteiger charge is -2.20. The molecule has 2 aromatic heterocycles. The molecular weight excluding hydrogens is 448 g/mol. The smallest absolute Gasteiger partial charge is 0.306 e. The number of aromatic hydroxyl groups is 2. The number of aryl methyl sites for hydroxylation is 2. The van der Waals surface area contributed by atoms with Crippen LogP contribution in [0.2, 0.25) is 0 Å². The summed E-state index contributed by atoms with van der Waals surface area (Å²) in [5.74, 6) is -1.75. The Kier molecular flexibility index (Phi) is 6.73. The lowest BCUT2D eigenvalue weighted by molar-refractivity contribution is -0.140. The molecule has 4 rings (SSSR count). The minimum Gasteiger partial charge on any atom is -0.508 e. The van der Waals surface area contributed by atoms with E-state index in [1.54, 1.807) is 49.4 Å². The predicted molar refractivity (Wildman–Crippen MR) is 132 cm³/mol. The molecule has 0 radical (unpaired) electrons. The SMILES string of the molecule is COC(=O)C[C@@H](c1cc2ccccc2[nH]c1=O)c1c(O)cc(C)n(CCc2ccc(O)cc2)c1=O. The van der Waals surface area contributed by atoms with E-state index in [9.17, 15) is 24.6 Å². The quantitative estimate of drug-likeness (QED) is 0.353. The molecule has 0 amide bonds. The fraction of sp³-hybridized carbons (Fsp3) is 0.222. The highest BCUT2D eigenvalue weighted by atomic mass is 16.5. The van der Waals surface area contributed by atoms with Crippen molar-refractivity contribution in [1.29, 1.82) is 0 Å². The molecule has 8 heteroatoms. The predicted octanol–water partition coefficient (Wildman–Crippen LogP) is 3.35. The number of carbonyl (C=O) groups is 1. The van der Waals surface area contributed by atoms with Gasteiger partial charge in [0.15, 0.2) is 0 Å². The maximum Gasteiger partial charge on any atom is 0.306 e. The van der Waals surface area contributed by atoms with Gasteiger partial charge >= 0.3 is 5.97 Å². The number of esters is 1. The number of phenols is 1. The minimum absolute atomic E-state index is 0.0347. The topological polar surface area (TPSA) is 122 Å². The number of hydrogen-bond donors (Lipinski definition) is 3. The molecular formula is C27H26N2O6. The van der Waals surface area contributed by atoms with Crippen LogP contribution in [0.25, 0.3) is 10.9 Å². The third-order valence-corrected chi connectivity index (χ3v) is 6.19. The summed E-state index contributed by atoms with van der Waals surface area (Å²) in [4.78, 5) is 41.8. The van der Waals surface area contributed by atoms with Crippen molar-refractivity contribution in [2.75, 3.05) is 7.11 Å². The van der Waals surface area contributed by atoms with Gasteiger partial charge in [0, 0.05) is 29.2 Å². The number of carbonyl (C=O) groups excluding carboxylic acids is 1. The van der Waals surface area contributed by atoms with Crippen molar-refractivity contribution in [3.8, 4) is 11.5 Å². The number of hydrogen-bond acceptors (Lipinski definition) is 6. The number of phenolic OH excluding ortho intramolecular Hbond substituents is 1. The number of aromatic amines is 1. The van der Waals surface area contributed by atoms with Gasteiger partial charge in [-0.3, -0.25) is 14.4 Å². The second-order valence-electron chi connectivity index (χ2n) is 8.43. The van der Waals surface area contributed by atoms with Gasteiger partial charge in [-0.05, 0) is 54.6 Å². The summed E-state index contributed by atoms with van der Waals surface area (Å²) in [5.41, 5.74) is 1.30. The number of ether oxygens (including phenoxy) is 1. The molecule has 0 saturated heterocycles. The van der Waals surface area contributed by atoms with E-state index >= 15 is 0 Å². The molecule has 0 bridgehead atoms. The molecule has 2 heterocycles. The van der Waals surface area contributed by atoms with E-state index in [1.165, 1.54) is 17.7 Å². The lowest BCUT2D eigenvalue weighted by atomic mass is 9.88. The number of benzene rings is 2. The first-order chi connectivity index (χ1) is 16.8. The van der Waals surface area contributed by atoms with Crippen LogP contribution in [0.1, 0.15) is 34.7 Å². The summed E-state index contributed by atoms with van der Waals surface area (Å²) in [5, 5.41) is 21.1. The Labute approximate surface area is 201 Å². The second-order valence-corrected chi connectivity index (χ2v) is 8.43. The number of para-hydroxylation sites is 1. The van der Waals surface area contributed by atoms with Crippen LogP contribution in [0.15, 0.2) is 70.3 Å². The molecule has 1 atom stereocenters. The van der Waals surface area contributed by atoms with Crippen molar-refractivity contribution in [1.82, 2.24) is 9.55 Å². The van der Waals surface area contributed by atoms with Gasteiger partial charge in [-0.15, -0.1) is 0 Å². The van der Waals surface area contributed by atoms with Crippen LogP contribution in [-0.4, -0.2) is 32.8 Å². The Morgan fingerprint density at radius 1 is 1.06 bits per heavy atom. The van der Waals surface area contributed by atoms with Crippen molar-refractivity contribution in [2.45, 2.75) is 32.2 Å². The monoisotopic (exact) mass is 474 g/mol. The van der Waals surface area contributed by atoms with Crippen LogP contribution in [0.5, 0.6) is 11.5 Å². The number of nitrogens with one attached hydrogen (secondary N) is 1. The van der Waals surface area contributed by atoms with Crippen LogP contribution < -0.4 is 11.1 Å². The Bertz CT molecular complexity index is 1500. The molecule has 0 fully saturated rings. The van der Waals surface area contributed by atoms with Gasteiger partial charge in [-0.2, -0.15) is 0 Å². The first-order valence-electron chi connectivity index (χ1n) is 11.2. The molecule has 3 N–H and O–H groups in total. The molecule has 180 valence electrons. The van der Waals surface area contributed by atoms with Crippen molar-refractivity contribution in [2.24, 2.45) is 0 Å². The second kappa shape index (κ2) is 9.89. The fourth-order valence-electron chi connectivity index (χ4n) is 4.32. The number of pyridine rings is 2. The largest absolute Gasteiger partial charge is 0.508 e. The normalized spacial score (nSPS) is 11.9. The molecule has 0 aliphatic heterocycles. The van der Waals surface area contributed by atoms with E-state index in [0.717, 1.165) is 10.9 Å². The van der Waals surface area contributed by atoms with Gasteiger partial charge < -0.3 is 24.5 Å². The number of nitrogens with zero attached hydrogens (tertiary/aromatic N) is 1. The summed E-state index contributed by atoms with van der Waals surface area (Å²) < 4.78 is 6.35. The highest BCUT2D eigenvalue weighted by Crippen LogP contribution is 2.32. The number of rotatable bonds is 7. The Balaban J connectivity index is 1.83. The van der Waals surface area contributed by atoms with Gasteiger partial charge in [0.2, 0.25) is 0 Å². The molecule has 35 heavy (non-hydrogen) atoms. The maximum absolute atomic E-state index is 13.6. The lowest BCUT2D eigenvalue weighted by Crippen LogP contribution is -2.31. The molecule has 0 spiro atoms. The number of aromatic nitrogens is 2. The van der Waals surface area contributed by atoms with E-state index in [2.05, 4.69) is 4.98 Å². The summed E-state index contributed by atoms with van der Waals surface area (Å²) in [6, 6.07) is 17.0. The van der Waals surface area contributed by atoms with Crippen molar-refractivity contribution in [3.63, 3.8) is 0 Å². The average molecular weight is 475 g/mol. The van der Waals surface area contributed by atoms with Gasteiger partial charge in [0.1, 0.15) is 11.5 Å². The van der Waals surface area contributed by atoms with E-state index in [1.807, 2.05) is 12.1 Å². The Morgan fingerprint density at radius 3 is 2.49 bits per heavy atom. The first kappa shape index (κ1) is 23.8.